The minimum atomic E-state index is -0.464. The molecule has 0 fully saturated rings. The van der Waals surface area contributed by atoms with Gasteiger partial charge in [-0.25, -0.2) is 5.43 Å². The van der Waals surface area contributed by atoms with E-state index in [1.165, 1.54) is 18.3 Å². The van der Waals surface area contributed by atoms with E-state index in [0.717, 1.165) is 5.39 Å². The Hall–Kier alpha value is -4.66. The summed E-state index contributed by atoms with van der Waals surface area (Å²) in [7, 11) is 0. The molecule has 4 aromatic rings. The predicted octanol–water partition coefficient (Wildman–Crippen LogP) is 5.08. The number of ether oxygens (including phenoxy) is 2. The highest BCUT2D eigenvalue weighted by atomic mass is 16.6. The third kappa shape index (κ3) is 5.39. The zero-order valence-corrected chi connectivity index (χ0v) is 18.3. The summed E-state index contributed by atoms with van der Waals surface area (Å²) in [5.41, 5.74) is 4.41. The van der Waals surface area contributed by atoms with Crippen LogP contribution in [-0.2, 0) is 6.61 Å². The lowest BCUT2D eigenvalue weighted by atomic mass is 10.2. The first kappa shape index (κ1) is 22.5. The maximum absolute atomic E-state index is 12.3. The summed E-state index contributed by atoms with van der Waals surface area (Å²) in [5.74, 6) is 0.671. The SMILES string of the molecule is CCOc1cc(/C=N/NC(=O)c2cc3ccccc3o2)ccc1OCc1cccc([N+](=O)[O-])c1. The van der Waals surface area contributed by atoms with Gasteiger partial charge >= 0.3 is 5.91 Å². The van der Waals surface area contributed by atoms with Gasteiger partial charge in [0.2, 0.25) is 0 Å². The number of amides is 1. The molecule has 0 aliphatic carbocycles. The maximum atomic E-state index is 12.3. The summed E-state index contributed by atoms with van der Waals surface area (Å²) in [6, 6.07) is 20.4. The number of carbonyl (C=O) groups excluding carboxylic acids is 1. The van der Waals surface area contributed by atoms with Crippen LogP contribution in [0.3, 0.4) is 0 Å². The Morgan fingerprint density at radius 1 is 1.06 bits per heavy atom. The quantitative estimate of drug-likeness (QED) is 0.212. The number of benzene rings is 3. The van der Waals surface area contributed by atoms with Crippen LogP contribution in [0.1, 0.15) is 28.6 Å². The number of nitrogens with zero attached hydrogens (tertiary/aromatic N) is 2. The number of non-ortho nitro benzene ring substituents is 1. The Morgan fingerprint density at radius 2 is 1.91 bits per heavy atom. The molecule has 0 bridgehead atoms. The summed E-state index contributed by atoms with van der Waals surface area (Å²) in [5, 5.41) is 15.8. The number of furan rings is 1. The topological polar surface area (TPSA) is 116 Å². The highest BCUT2D eigenvalue weighted by Gasteiger charge is 2.12. The van der Waals surface area contributed by atoms with Gasteiger partial charge in [-0.1, -0.05) is 30.3 Å². The summed E-state index contributed by atoms with van der Waals surface area (Å²) in [6.45, 7) is 2.40. The molecule has 0 radical (unpaired) electrons. The molecule has 4 rings (SSSR count). The molecule has 3 aromatic carbocycles. The lowest BCUT2D eigenvalue weighted by Gasteiger charge is -2.12. The average Bonchev–Trinajstić information content (AvgIpc) is 3.28. The van der Waals surface area contributed by atoms with E-state index in [4.69, 9.17) is 13.9 Å². The molecule has 0 atom stereocenters. The number of hydrazone groups is 1. The van der Waals surface area contributed by atoms with Crippen molar-refractivity contribution in [3.05, 3.63) is 99.8 Å². The molecule has 0 saturated carbocycles. The Bertz CT molecular complexity index is 1330. The van der Waals surface area contributed by atoms with E-state index < -0.39 is 10.8 Å². The van der Waals surface area contributed by atoms with Gasteiger partial charge in [0.1, 0.15) is 12.2 Å². The van der Waals surface area contributed by atoms with Crippen LogP contribution in [0.25, 0.3) is 11.0 Å². The molecule has 9 nitrogen and oxygen atoms in total. The van der Waals surface area contributed by atoms with E-state index in [0.29, 0.717) is 34.8 Å². The van der Waals surface area contributed by atoms with Crippen LogP contribution in [0.15, 0.2) is 82.3 Å². The van der Waals surface area contributed by atoms with E-state index in [1.807, 2.05) is 25.1 Å². The van der Waals surface area contributed by atoms with Crippen molar-refractivity contribution in [1.82, 2.24) is 5.43 Å². The molecule has 0 aliphatic rings. The van der Waals surface area contributed by atoms with Crippen molar-refractivity contribution in [3.63, 3.8) is 0 Å². The Morgan fingerprint density at radius 3 is 2.71 bits per heavy atom. The van der Waals surface area contributed by atoms with E-state index in [1.54, 1.807) is 42.5 Å². The summed E-state index contributed by atoms with van der Waals surface area (Å²) < 4.78 is 17.0. The van der Waals surface area contributed by atoms with E-state index >= 15 is 0 Å². The number of fused-ring (bicyclic) bond motifs is 1. The number of nitrogens with one attached hydrogen (secondary N) is 1. The highest BCUT2D eigenvalue weighted by molar-refractivity contribution is 5.96. The molecular weight excluding hydrogens is 438 g/mol. The number of hydrogen-bond donors (Lipinski definition) is 1. The molecule has 0 unspecified atom stereocenters. The van der Waals surface area contributed by atoms with Crippen molar-refractivity contribution in [2.24, 2.45) is 5.10 Å². The summed E-state index contributed by atoms with van der Waals surface area (Å²) >= 11 is 0. The minimum Gasteiger partial charge on any atom is -0.490 e. The fourth-order valence-corrected chi connectivity index (χ4v) is 3.23. The standard InChI is InChI=1S/C25H21N3O6/c1-2-32-23-13-17(10-11-22(23)33-16-18-6-5-8-20(12-18)28(30)31)15-26-27-25(29)24-14-19-7-3-4-9-21(19)34-24/h3-15H,2,16H2,1H3,(H,27,29)/b26-15+. The van der Waals surface area contributed by atoms with Crippen molar-refractivity contribution in [1.29, 1.82) is 0 Å². The van der Waals surface area contributed by atoms with Crippen molar-refractivity contribution in [2.75, 3.05) is 6.61 Å². The van der Waals surface area contributed by atoms with Crippen LogP contribution in [0, 0.1) is 10.1 Å². The first-order valence-corrected chi connectivity index (χ1v) is 10.5. The first-order chi connectivity index (χ1) is 16.5. The largest absolute Gasteiger partial charge is 0.490 e. The van der Waals surface area contributed by atoms with Gasteiger partial charge < -0.3 is 13.9 Å². The van der Waals surface area contributed by atoms with Crippen LogP contribution < -0.4 is 14.9 Å². The molecule has 9 heteroatoms. The van der Waals surface area contributed by atoms with Crippen molar-refractivity contribution in [3.8, 4) is 11.5 Å². The molecule has 1 amide bonds. The van der Waals surface area contributed by atoms with Gasteiger partial charge in [-0.15, -0.1) is 0 Å². The average molecular weight is 459 g/mol. The second-order valence-electron chi connectivity index (χ2n) is 7.20. The smallest absolute Gasteiger partial charge is 0.307 e. The Labute approximate surface area is 194 Å². The number of carbonyl (C=O) groups is 1. The first-order valence-electron chi connectivity index (χ1n) is 10.5. The summed E-state index contributed by atoms with van der Waals surface area (Å²) in [6.07, 6.45) is 1.48. The van der Waals surface area contributed by atoms with Crippen LogP contribution in [0.4, 0.5) is 5.69 Å². The molecule has 1 aromatic heterocycles. The minimum absolute atomic E-state index is 0.00221. The van der Waals surface area contributed by atoms with Crippen LogP contribution in [0.5, 0.6) is 11.5 Å². The van der Waals surface area contributed by atoms with Gasteiger partial charge in [0.05, 0.1) is 17.7 Å². The number of hydrogen-bond acceptors (Lipinski definition) is 7. The zero-order chi connectivity index (χ0) is 23.9. The van der Waals surface area contributed by atoms with Crippen LogP contribution in [0.2, 0.25) is 0 Å². The molecule has 1 heterocycles. The summed E-state index contributed by atoms with van der Waals surface area (Å²) in [4.78, 5) is 22.8. The number of nitro benzene ring substituents is 1. The third-order valence-electron chi connectivity index (χ3n) is 4.81. The van der Waals surface area contributed by atoms with Crippen LogP contribution in [-0.4, -0.2) is 23.7 Å². The van der Waals surface area contributed by atoms with E-state index in [9.17, 15) is 14.9 Å². The molecule has 0 saturated heterocycles. The van der Waals surface area contributed by atoms with Crippen molar-refractivity contribution < 1.29 is 23.6 Å². The normalized spacial score (nSPS) is 11.0. The molecular formula is C25H21N3O6. The molecule has 0 spiro atoms. The molecule has 34 heavy (non-hydrogen) atoms. The number of nitro groups is 1. The molecule has 0 aliphatic heterocycles. The van der Waals surface area contributed by atoms with Gasteiger partial charge in [0.15, 0.2) is 17.3 Å². The fraction of sp³-hybridized carbons (Fsp3) is 0.120. The van der Waals surface area contributed by atoms with Gasteiger partial charge in [0, 0.05) is 17.5 Å². The number of para-hydroxylation sites is 1. The lowest BCUT2D eigenvalue weighted by molar-refractivity contribution is -0.384. The highest BCUT2D eigenvalue weighted by Crippen LogP contribution is 2.29. The van der Waals surface area contributed by atoms with E-state index in [-0.39, 0.29) is 18.1 Å². The van der Waals surface area contributed by atoms with Crippen molar-refractivity contribution in [2.45, 2.75) is 13.5 Å². The van der Waals surface area contributed by atoms with Crippen molar-refractivity contribution >= 4 is 28.8 Å². The number of rotatable bonds is 9. The Balaban J connectivity index is 1.42. The maximum Gasteiger partial charge on any atom is 0.307 e. The monoisotopic (exact) mass is 459 g/mol. The molecule has 1 N–H and O–H groups in total. The van der Waals surface area contributed by atoms with Crippen LogP contribution >= 0.6 is 0 Å². The van der Waals surface area contributed by atoms with E-state index in [2.05, 4.69) is 10.5 Å². The molecule has 172 valence electrons. The lowest BCUT2D eigenvalue weighted by Crippen LogP contribution is -2.16. The zero-order valence-electron chi connectivity index (χ0n) is 18.3. The fourth-order valence-electron chi connectivity index (χ4n) is 3.23. The second-order valence-corrected chi connectivity index (χ2v) is 7.20. The Kier molecular flexibility index (Phi) is 6.83. The van der Waals surface area contributed by atoms with Gasteiger partial charge in [-0.3, -0.25) is 14.9 Å². The predicted molar refractivity (Wildman–Crippen MR) is 126 cm³/mol. The second kappa shape index (κ2) is 10.3. The van der Waals surface area contributed by atoms with Gasteiger partial charge in [-0.2, -0.15) is 5.10 Å². The van der Waals surface area contributed by atoms with Gasteiger partial charge in [0.25, 0.3) is 5.69 Å². The third-order valence-corrected chi connectivity index (χ3v) is 4.81. The van der Waals surface area contributed by atoms with Gasteiger partial charge in [-0.05, 0) is 48.4 Å².